The summed E-state index contributed by atoms with van der Waals surface area (Å²) >= 11 is 0. The van der Waals surface area contributed by atoms with Crippen LogP contribution in [0.15, 0.2) is 48.1 Å². The van der Waals surface area contributed by atoms with Gasteiger partial charge in [0.2, 0.25) is 5.91 Å². The highest BCUT2D eigenvalue weighted by molar-refractivity contribution is 5.76. The maximum Gasteiger partial charge on any atom is 0.222 e. The van der Waals surface area contributed by atoms with Crippen molar-refractivity contribution < 1.29 is 9.90 Å². The molecule has 0 aromatic heterocycles. The number of hydrogen-bond acceptors (Lipinski definition) is 2. The second-order valence-corrected chi connectivity index (χ2v) is 11.0. The van der Waals surface area contributed by atoms with E-state index < -0.39 is 0 Å². The zero-order valence-electron chi connectivity index (χ0n) is 22.6. The Labute approximate surface area is 214 Å². The fourth-order valence-corrected chi connectivity index (χ4v) is 6.01. The Morgan fingerprint density at radius 3 is 2.57 bits per heavy atom. The summed E-state index contributed by atoms with van der Waals surface area (Å²) < 4.78 is 0. The monoisotopic (exact) mass is 479 g/mol. The fraction of sp³-hybridized carbons (Fsp3) is 0.656. The lowest BCUT2D eigenvalue weighted by atomic mass is 9.88. The molecule has 0 aliphatic heterocycles. The maximum absolute atomic E-state index is 12.7. The summed E-state index contributed by atoms with van der Waals surface area (Å²) in [6.45, 7) is 8.38. The summed E-state index contributed by atoms with van der Waals surface area (Å²) in [7, 11) is 0. The van der Waals surface area contributed by atoms with E-state index in [1.807, 2.05) is 0 Å². The van der Waals surface area contributed by atoms with Crippen LogP contribution in [0.5, 0.6) is 0 Å². The molecule has 0 heterocycles. The van der Waals surface area contributed by atoms with Crippen LogP contribution in [-0.4, -0.2) is 35.1 Å². The summed E-state index contributed by atoms with van der Waals surface area (Å²) in [5.41, 5.74) is 4.27. The molecule has 2 aliphatic rings. The minimum atomic E-state index is -0.201. The van der Waals surface area contributed by atoms with E-state index >= 15 is 0 Å². The molecule has 4 atom stereocenters. The molecule has 0 spiro atoms. The lowest BCUT2D eigenvalue weighted by Gasteiger charge is -2.22. The summed E-state index contributed by atoms with van der Waals surface area (Å²) in [5.74, 6) is 1.74. The number of carbonyl (C=O) groups excluding carboxylic acids is 1. The highest BCUT2D eigenvalue weighted by Crippen LogP contribution is 2.48. The summed E-state index contributed by atoms with van der Waals surface area (Å²) in [6, 6.07) is 8.75. The van der Waals surface area contributed by atoms with Crippen molar-refractivity contribution in [2.24, 2.45) is 17.8 Å². The third-order valence-electron chi connectivity index (χ3n) is 8.04. The van der Waals surface area contributed by atoms with Crippen molar-refractivity contribution in [3.8, 4) is 0 Å². The number of benzene rings is 1. The summed E-state index contributed by atoms with van der Waals surface area (Å²) in [6.07, 6.45) is 19.4. The number of hydrogen-bond donors (Lipinski definition) is 1. The van der Waals surface area contributed by atoms with Crippen LogP contribution in [0.25, 0.3) is 0 Å². The number of amides is 1. The normalized spacial score (nSPS) is 23.6. The van der Waals surface area contributed by atoms with Gasteiger partial charge in [0.05, 0.1) is 6.10 Å². The summed E-state index contributed by atoms with van der Waals surface area (Å²) in [5, 5.41) is 10.7. The standard InChI is InChI=1S/C32H49NO2/c1-4-6-19-33(20-7-5-2)32(35)18-11-9-15-27-22-28-24-31(34)29(30(28)23-27)17-10-8-14-26-16-12-13-25(3)21-26/h10,12-13,16-17,21-22,28-31,34H,4-9,11,14-15,18-20,23-24H2,1-3H3/t28-,29+,30-,31+/m0/s1. The van der Waals surface area contributed by atoms with Gasteiger partial charge < -0.3 is 10.0 Å². The van der Waals surface area contributed by atoms with Crippen LogP contribution in [0, 0.1) is 24.7 Å². The average molecular weight is 480 g/mol. The van der Waals surface area contributed by atoms with Crippen LogP contribution in [0.1, 0.15) is 95.6 Å². The molecule has 1 saturated carbocycles. The lowest BCUT2D eigenvalue weighted by molar-refractivity contribution is -0.131. The quantitative estimate of drug-likeness (QED) is 0.210. The number of aliphatic hydroxyl groups excluding tert-OH is 1. The second kappa shape index (κ2) is 14.6. The van der Waals surface area contributed by atoms with Gasteiger partial charge in [0.25, 0.3) is 0 Å². The second-order valence-electron chi connectivity index (χ2n) is 11.0. The first kappa shape index (κ1) is 27.7. The van der Waals surface area contributed by atoms with Crippen molar-refractivity contribution in [3.63, 3.8) is 0 Å². The molecule has 1 aromatic rings. The number of fused-ring (bicyclic) bond motifs is 1. The molecule has 3 rings (SSSR count). The molecule has 0 saturated heterocycles. The van der Waals surface area contributed by atoms with E-state index in [9.17, 15) is 9.90 Å². The van der Waals surface area contributed by atoms with E-state index in [1.54, 1.807) is 5.57 Å². The van der Waals surface area contributed by atoms with Crippen molar-refractivity contribution in [1.29, 1.82) is 0 Å². The van der Waals surface area contributed by atoms with E-state index in [1.165, 1.54) is 11.1 Å². The van der Waals surface area contributed by atoms with Gasteiger partial charge in [-0.1, -0.05) is 80.3 Å². The van der Waals surface area contributed by atoms with Crippen molar-refractivity contribution in [2.45, 2.75) is 104 Å². The molecular formula is C32H49NO2. The molecule has 1 amide bonds. The molecule has 0 bridgehead atoms. The van der Waals surface area contributed by atoms with Gasteiger partial charge in [-0.15, -0.1) is 0 Å². The van der Waals surface area contributed by atoms with Crippen molar-refractivity contribution in [1.82, 2.24) is 4.90 Å². The largest absolute Gasteiger partial charge is 0.392 e. The van der Waals surface area contributed by atoms with Gasteiger partial charge in [0, 0.05) is 25.4 Å². The van der Waals surface area contributed by atoms with Crippen LogP contribution in [0.3, 0.4) is 0 Å². The number of aliphatic hydroxyl groups is 1. The minimum Gasteiger partial charge on any atom is -0.392 e. The van der Waals surface area contributed by atoms with Crippen LogP contribution in [-0.2, 0) is 11.2 Å². The highest BCUT2D eigenvalue weighted by atomic mass is 16.3. The fourth-order valence-electron chi connectivity index (χ4n) is 6.01. The van der Waals surface area contributed by atoms with Crippen molar-refractivity contribution in [3.05, 3.63) is 59.2 Å². The van der Waals surface area contributed by atoms with Gasteiger partial charge in [0.1, 0.15) is 0 Å². The van der Waals surface area contributed by atoms with E-state index in [4.69, 9.17) is 0 Å². The molecule has 0 unspecified atom stereocenters. The smallest absolute Gasteiger partial charge is 0.222 e. The first-order chi connectivity index (χ1) is 17.0. The number of aryl methyl sites for hydroxylation is 2. The predicted octanol–water partition coefficient (Wildman–Crippen LogP) is 7.42. The van der Waals surface area contributed by atoms with Gasteiger partial charge in [-0.3, -0.25) is 4.79 Å². The highest BCUT2D eigenvalue weighted by Gasteiger charge is 2.43. The minimum absolute atomic E-state index is 0.201. The number of nitrogens with zero attached hydrogens (tertiary/aromatic N) is 1. The molecule has 1 fully saturated rings. The Kier molecular flexibility index (Phi) is 11.6. The van der Waals surface area contributed by atoms with Gasteiger partial charge in [0.15, 0.2) is 0 Å². The average Bonchev–Trinajstić information content (AvgIpc) is 3.36. The van der Waals surface area contributed by atoms with E-state index in [0.29, 0.717) is 30.1 Å². The van der Waals surface area contributed by atoms with E-state index in [0.717, 1.165) is 83.7 Å². The first-order valence-corrected chi connectivity index (χ1v) is 14.4. The van der Waals surface area contributed by atoms with E-state index in [2.05, 4.69) is 68.2 Å². The Morgan fingerprint density at radius 2 is 1.86 bits per heavy atom. The van der Waals surface area contributed by atoms with Gasteiger partial charge in [-0.25, -0.2) is 0 Å². The maximum atomic E-state index is 12.7. The molecule has 1 N–H and O–H groups in total. The van der Waals surface area contributed by atoms with Crippen LogP contribution in [0.2, 0.25) is 0 Å². The van der Waals surface area contributed by atoms with Crippen LogP contribution >= 0.6 is 0 Å². The molecule has 194 valence electrons. The molecule has 3 nitrogen and oxygen atoms in total. The molecule has 0 radical (unpaired) electrons. The molecule has 3 heteroatoms. The zero-order valence-corrected chi connectivity index (χ0v) is 22.6. The number of carbonyl (C=O) groups is 1. The summed E-state index contributed by atoms with van der Waals surface area (Å²) in [4.78, 5) is 14.8. The third kappa shape index (κ3) is 8.63. The van der Waals surface area contributed by atoms with Gasteiger partial charge >= 0.3 is 0 Å². The third-order valence-corrected chi connectivity index (χ3v) is 8.04. The Morgan fingerprint density at radius 1 is 1.09 bits per heavy atom. The van der Waals surface area contributed by atoms with Crippen molar-refractivity contribution >= 4 is 5.91 Å². The lowest BCUT2D eigenvalue weighted by Crippen LogP contribution is -2.32. The molecule has 1 aromatic carbocycles. The van der Waals surface area contributed by atoms with E-state index in [-0.39, 0.29) is 6.10 Å². The molecule has 35 heavy (non-hydrogen) atoms. The van der Waals surface area contributed by atoms with Gasteiger partial charge in [-0.2, -0.15) is 0 Å². The number of unbranched alkanes of at least 4 members (excludes halogenated alkanes) is 3. The van der Waals surface area contributed by atoms with Crippen LogP contribution < -0.4 is 0 Å². The zero-order chi connectivity index (χ0) is 25.0. The molecule has 2 aliphatic carbocycles. The van der Waals surface area contributed by atoms with Gasteiger partial charge in [-0.05, 0) is 82.1 Å². The van der Waals surface area contributed by atoms with Crippen molar-refractivity contribution in [2.75, 3.05) is 13.1 Å². The Hall–Kier alpha value is -1.87. The molecular weight excluding hydrogens is 430 g/mol. The number of allylic oxidation sites excluding steroid dienone is 3. The Balaban J connectivity index is 1.38. The SMILES string of the molecule is CCCCN(CCCC)C(=O)CCCCC1=C[C@H]2C[C@@H](O)[C@H](C=CCCc3cccc(C)c3)[C@H]2C1. The topological polar surface area (TPSA) is 40.5 Å². The van der Waals surface area contributed by atoms with Crippen LogP contribution in [0.4, 0.5) is 0 Å². The first-order valence-electron chi connectivity index (χ1n) is 14.4. The Bertz CT molecular complexity index is 834. The predicted molar refractivity (Wildman–Crippen MR) is 147 cm³/mol. The number of rotatable bonds is 15.